The van der Waals surface area contributed by atoms with Crippen molar-refractivity contribution in [3.8, 4) is 11.5 Å². The summed E-state index contributed by atoms with van der Waals surface area (Å²) in [7, 11) is 1.70. The SMILES string of the molecule is C=Cc1ccccc1Oc1cc2cnc(NN3CC4CCCC4C3)nc2n(C)c1=O. The fourth-order valence-corrected chi connectivity index (χ4v) is 4.67. The largest absolute Gasteiger partial charge is 0.451 e. The normalized spacial score (nSPS) is 21.0. The number of fused-ring (bicyclic) bond motifs is 2. The van der Waals surface area contributed by atoms with Crippen LogP contribution in [-0.2, 0) is 7.05 Å². The third-order valence-electron chi connectivity index (χ3n) is 6.26. The van der Waals surface area contributed by atoms with Crippen LogP contribution in [0.25, 0.3) is 17.1 Å². The molecule has 3 heterocycles. The predicted molar refractivity (Wildman–Crippen MR) is 117 cm³/mol. The lowest BCUT2D eigenvalue weighted by molar-refractivity contribution is 0.369. The first-order chi connectivity index (χ1) is 14.6. The molecule has 1 saturated heterocycles. The van der Waals surface area contributed by atoms with Gasteiger partial charge in [-0.2, -0.15) is 4.98 Å². The summed E-state index contributed by atoms with van der Waals surface area (Å²) in [5.74, 6) is 2.89. The highest BCUT2D eigenvalue weighted by molar-refractivity contribution is 5.77. The number of benzene rings is 1. The molecular formula is C23H25N5O2. The Hall–Kier alpha value is -3.19. The number of hydrogen-bond donors (Lipinski definition) is 1. The van der Waals surface area contributed by atoms with E-state index in [1.165, 1.54) is 23.8 Å². The van der Waals surface area contributed by atoms with Gasteiger partial charge in [-0.25, -0.2) is 9.99 Å². The minimum absolute atomic E-state index is 0.232. The van der Waals surface area contributed by atoms with Crippen molar-refractivity contribution in [2.45, 2.75) is 19.3 Å². The third-order valence-corrected chi connectivity index (χ3v) is 6.26. The van der Waals surface area contributed by atoms with Crippen LogP contribution in [0.15, 0.2) is 47.9 Å². The highest BCUT2D eigenvalue weighted by Crippen LogP contribution is 2.37. The number of nitrogens with one attached hydrogen (secondary N) is 1. The lowest BCUT2D eigenvalue weighted by Crippen LogP contribution is -2.29. The summed E-state index contributed by atoms with van der Waals surface area (Å²) in [4.78, 5) is 22.0. The lowest BCUT2D eigenvalue weighted by Gasteiger charge is -2.18. The molecule has 2 fully saturated rings. The van der Waals surface area contributed by atoms with E-state index in [4.69, 9.17) is 4.74 Å². The Morgan fingerprint density at radius 2 is 1.97 bits per heavy atom. The third kappa shape index (κ3) is 3.35. The summed E-state index contributed by atoms with van der Waals surface area (Å²) >= 11 is 0. The zero-order valence-corrected chi connectivity index (χ0v) is 17.0. The molecule has 154 valence electrons. The van der Waals surface area contributed by atoms with Gasteiger partial charge in [-0.1, -0.05) is 37.3 Å². The van der Waals surface area contributed by atoms with Gasteiger partial charge >= 0.3 is 0 Å². The molecule has 0 bridgehead atoms. The van der Waals surface area contributed by atoms with Crippen LogP contribution in [-0.4, -0.2) is 32.6 Å². The van der Waals surface area contributed by atoms with Gasteiger partial charge in [-0.05, 0) is 36.8 Å². The molecule has 7 nitrogen and oxygen atoms in total. The number of aromatic nitrogens is 3. The van der Waals surface area contributed by atoms with Crippen molar-refractivity contribution in [2.24, 2.45) is 18.9 Å². The average Bonchev–Trinajstić information content (AvgIpc) is 3.34. The topological polar surface area (TPSA) is 72.3 Å². The van der Waals surface area contributed by atoms with E-state index in [0.29, 0.717) is 17.3 Å². The first-order valence-electron chi connectivity index (χ1n) is 10.4. The van der Waals surface area contributed by atoms with Crippen LogP contribution in [0, 0.1) is 11.8 Å². The van der Waals surface area contributed by atoms with Gasteiger partial charge in [-0.15, -0.1) is 0 Å². The molecule has 5 rings (SSSR count). The van der Waals surface area contributed by atoms with Gasteiger partial charge in [0.15, 0.2) is 5.75 Å². The van der Waals surface area contributed by atoms with Crippen molar-refractivity contribution < 1.29 is 4.74 Å². The van der Waals surface area contributed by atoms with E-state index in [-0.39, 0.29) is 11.3 Å². The second-order valence-electron chi connectivity index (χ2n) is 8.16. The zero-order chi connectivity index (χ0) is 20.7. The summed E-state index contributed by atoms with van der Waals surface area (Å²) in [6.07, 6.45) is 7.41. The summed E-state index contributed by atoms with van der Waals surface area (Å²) in [6, 6.07) is 9.16. The number of para-hydroxylation sites is 1. The second-order valence-corrected chi connectivity index (χ2v) is 8.16. The van der Waals surface area contributed by atoms with Crippen LogP contribution in [0.5, 0.6) is 11.5 Å². The maximum atomic E-state index is 12.9. The monoisotopic (exact) mass is 403 g/mol. The molecular weight excluding hydrogens is 378 g/mol. The Morgan fingerprint density at radius 1 is 1.20 bits per heavy atom. The quantitative estimate of drug-likeness (QED) is 0.698. The van der Waals surface area contributed by atoms with E-state index in [9.17, 15) is 4.79 Å². The van der Waals surface area contributed by atoms with Crippen molar-refractivity contribution in [3.05, 3.63) is 59.0 Å². The predicted octanol–water partition coefficient (Wildman–Crippen LogP) is 3.82. The molecule has 0 radical (unpaired) electrons. The van der Waals surface area contributed by atoms with E-state index in [2.05, 4.69) is 27.0 Å². The molecule has 30 heavy (non-hydrogen) atoms. The van der Waals surface area contributed by atoms with Crippen molar-refractivity contribution in [2.75, 3.05) is 18.5 Å². The summed E-state index contributed by atoms with van der Waals surface area (Å²) in [5, 5.41) is 2.95. The number of rotatable bonds is 5. The molecule has 1 saturated carbocycles. The van der Waals surface area contributed by atoms with Gasteiger partial charge < -0.3 is 4.74 Å². The Labute approximate surface area is 175 Å². The van der Waals surface area contributed by atoms with Crippen LogP contribution in [0.2, 0.25) is 0 Å². The fraction of sp³-hybridized carbons (Fsp3) is 0.348. The smallest absolute Gasteiger partial charge is 0.294 e. The number of pyridine rings is 1. The Morgan fingerprint density at radius 3 is 2.73 bits per heavy atom. The fourth-order valence-electron chi connectivity index (χ4n) is 4.67. The molecule has 1 aliphatic carbocycles. The van der Waals surface area contributed by atoms with Gasteiger partial charge in [0.2, 0.25) is 5.95 Å². The number of hydrazine groups is 1. The Bertz CT molecular complexity index is 1160. The van der Waals surface area contributed by atoms with Crippen molar-refractivity contribution >= 4 is 23.1 Å². The standard InChI is InChI=1S/C23H25N5O2/c1-3-15-7-4-5-10-19(15)30-20-11-18-12-24-23(25-21(18)27(2)22(20)29)26-28-13-16-8-6-9-17(16)14-28/h3-5,7,10-12,16-17H,1,6,8-9,13-14H2,2H3,(H,24,25,26). The maximum absolute atomic E-state index is 12.9. The summed E-state index contributed by atoms with van der Waals surface area (Å²) in [5.41, 5.74) is 4.48. The van der Waals surface area contributed by atoms with Gasteiger partial charge in [0.25, 0.3) is 5.56 Å². The summed E-state index contributed by atoms with van der Waals surface area (Å²) in [6.45, 7) is 5.86. The van der Waals surface area contributed by atoms with Crippen molar-refractivity contribution in [3.63, 3.8) is 0 Å². The molecule has 2 aliphatic rings. The van der Waals surface area contributed by atoms with Crippen LogP contribution in [0.3, 0.4) is 0 Å². The van der Waals surface area contributed by atoms with Crippen molar-refractivity contribution in [1.29, 1.82) is 0 Å². The number of aryl methyl sites for hydroxylation is 1. The number of ether oxygens (including phenoxy) is 1. The second kappa shape index (κ2) is 7.57. The van der Waals surface area contributed by atoms with Crippen LogP contribution in [0.1, 0.15) is 24.8 Å². The minimum Gasteiger partial charge on any atom is -0.451 e. The van der Waals surface area contributed by atoms with Crippen molar-refractivity contribution in [1.82, 2.24) is 19.5 Å². The maximum Gasteiger partial charge on any atom is 0.294 e. The summed E-state index contributed by atoms with van der Waals surface area (Å²) < 4.78 is 7.42. The van der Waals surface area contributed by atoms with Gasteiger partial charge in [0.05, 0.1) is 0 Å². The van der Waals surface area contributed by atoms with Gasteiger partial charge in [-0.3, -0.25) is 14.8 Å². The van der Waals surface area contributed by atoms with E-state index in [1.807, 2.05) is 24.3 Å². The van der Waals surface area contributed by atoms with E-state index in [0.717, 1.165) is 35.9 Å². The Balaban J connectivity index is 1.43. The molecule has 2 atom stereocenters. The molecule has 3 aromatic rings. The van der Waals surface area contributed by atoms with Crippen LogP contribution < -0.4 is 15.7 Å². The molecule has 2 aromatic heterocycles. The number of nitrogens with zero attached hydrogens (tertiary/aromatic N) is 4. The average molecular weight is 403 g/mol. The highest BCUT2D eigenvalue weighted by atomic mass is 16.5. The Kier molecular flexibility index (Phi) is 4.75. The highest BCUT2D eigenvalue weighted by Gasteiger charge is 2.36. The van der Waals surface area contributed by atoms with E-state index >= 15 is 0 Å². The molecule has 2 unspecified atom stereocenters. The molecule has 1 N–H and O–H groups in total. The first kappa shape index (κ1) is 18.8. The first-order valence-corrected chi connectivity index (χ1v) is 10.4. The van der Waals surface area contributed by atoms with Gasteiger partial charge in [0.1, 0.15) is 11.4 Å². The molecule has 0 amide bonds. The zero-order valence-electron chi connectivity index (χ0n) is 17.0. The molecule has 0 spiro atoms. The van der Waals surface area contributed by atoms with E-state index in [1.54, 1.807) is 25.4 Å². The molecule has 1 aromatic carbocycles. The lowest BCUT2D eigenvalue weighted by atomic mass is 10.0. The van der Waals surface area contributed by atoms with Gasteiger partial charge in [0, 0.05) is 37.3 Å². The molecule has 1 aliphatic heterocycles. The number of anilines is 1. The van der Waals surface area contributed by atoms with Crippen LogP contribution in [0.4, 0.5) is 5.95 Å². The number of hydrogen-bond acceptors (Lipinski definition) is 6. The van der Waals surface area contributed by atoms with E-state index < -0.39 is 0 Å². The van der Waals surface area contributed by atoms with Crippen LogP contribution >= 0.6 is 0 Å². The molecule has 7 heteroatoms. The minimum atomic E-state index is -0.248.